The molecule has 1 saturated heterocycles. The van der Waals surface area contributed by atoms with E-state index < -0.39 is 10.0 Å². The summed E-state index contributed by atoms with van der Waals surface area (Å²) in [5.74, 6) is -0.0515. The van der Waals surface area contributed by atoms with Crippen molar-refractivity contribution in [3.63, 3.8) is 0 Å². The Morgan fingerprint density at radius 3 is 2.25 bits per heavy atom. The average molecular weight is 347 g/mol. The van der Waals surface area contributed by atoms with Crippen molar-refractivity contribution in [3.8, 4) is 5.69 Å². The van der Waals surface area contributed by atoms with Gasteiger partial charge in [0.05, 0.1) is 6.26 Å². The van der Waals surface area contributed by atoms with Gasteiger partial charge in [0.25, 0.3) is 5.91 Å². The first kappa shape index (κ1) is 16.7. The molecule has 2 aromatic rings. The highest BCUT2D eigenvalue weighted by Crippen LogP contribution is 2.14. The number of benzene rings is 1. The highest BCUT2D eigenvalue weighted by atomic mass is 32.2. The van der Waals surface area contributed by atoms with Gasteiger partial charge < -0.3 is 9.47 Å². The second kappa shape index (κ2) is 6.78. The predicted molar refractivity (Wildman–Crippen MR) is 92.7 cm³/mol. The first-order chi connectivity index (χ1) is 11.4. The molecule has 0 radical (unpaired) electrons. The minimum absolute atomic E-state index is 0.0515. The topological polar surface area (TPSA) is 62.6 Å². The van der Waals surface area contributed by atoms with Crippen molar-refractivity contribution in [1.82, 2.24) is 13.8 Å². The van der Waals surface area contributed by atoms with Crippen LogP contribution in [0.2, 0.25) is 0 Å². The molecule has 0 N–H and O–H groups in total. The number of carbonyl (C=O) groups is 1. The van der Waals surface area contributed by atoms with Crippen molar-refractivity contribution < 1.29 is 13.2 Å². The lowest BCUT2D eigenvalue weighted by atomic mass is 10.1. The zero-order valence-electron chi connectivity index (χ0n) is 13.6. The maximum atomic E-state index is 12.7. The van der Waals surface area contributed by atoms with Gasteiger partial charge in [-0.1, -0.05) is 0 Å². The van der Waals surface area contributed by atoms with Crippen LogP contribution in [0.3, 0.4) is 0 Å². The summed E-state index contributed by atoms with van der Waals surface area (Å²) in [4.78, 5) is 14.4. The van der Waals surface area contributed by atoms with Crippen LogP contribution in [0.4, 0.5) is 0 Å². The third kappa shape index (κ3) is 3.68. The summed E-state index contributed by atoms with van der Waals surface area (Å²) >= 11 is 0. The quantitative estimate of drug-likeness (QED) is 0.847. The molecule has 1 aliphatic rings. The van der Waals surface area contributed by atoms with Gasteiger partial charge in [0.2, 0.25) is 10.0 Å². The third-order valence-corrected chi connectivity index (χ3v) is 5.53. The summed E-state index contributed by atoms with van der Waals surface area (Å²) in [6.07, 6.45) is 5.77. The second-order valence-electron chi connectivity index (χ2n) is 5.94. The Morgan fingerprint density at radius 1 is 0.958 bits per heavy atom. The van der Waals surface area contributed by atoms with E-state index in [0.717, 1.165) is 5.69 Å². The normalized spacial score (nSPS) is 16.8. The molecule has 1 fully saturated rings. The fraction of sp³-hybridized carbons (Fsp3) is 0.353. The highest BCUT2D eigenvalue weighted by Gasteiger charge is 2.24. The summed E-state index contributed by atoms with van der Waals surface area (Å²) in [5, 5.41) is 0. The van der Waals surface area contributed by atoms with Gasteiger partial charge in [-0.2, -0.15) is 0 Å². The molecule has 0 bridgehead atoms. The maximum Gasteiger partial charge on any atom is 0.253 e. The van der Waals surface area contributed by atoms with Crippen molar-refractivity contribution >= 4 is 15.9 Å². The van der Waals surface area contributed by atoms with E-state index in [1.165, 1.54) is 10.6 Å². The minimum atomic E-state index is -3.20. The van der Waals surface area contributed by atoms with Crippen LogP contribution < -0.4 is 0 Å². The number of sulfonamides is 1. The molecule has 0 unspecified atom stereocenters. The molecule has 0 spiro atoms. The molecule has 24 heavy (non-hydrogen) atoms. The van der Waals surface area contributed by atoms with Crippen LogP contribution in [0.15, 0.2) is 48.8 Å². The van der Waals surface area contributed by atoms with E-state index in [9.17, 15) is 13.2 Å². The fourth-order valence-electron chi connectivity index (χ4n) is 2.89. The van der Waals surface area contributed by atoms with Gasteiger partial charge in [0.15, 0.2) is 0 Å². The van der Waals surface area contributed by atoms with Gasteiger partial charge in [-0.15, -0.1) is 0 Å². The molecule has 7 heteroatoms. The number of amides is 1. The molecule has 0 saturated carbocycles. The van der Waals surface area contributed by atoms with Crippen molar-refractivity contribution in [2.24, 2.45) is 0 Å². The van der Waals surface area contributed by atoms with E-state index in [-0.39, 0.29) is 5.91 Å². The van der Waals surface area contributed by atoms with Crippen molar-refractivity contribution in [2.75, 3.05) is 32.4 Å². The Balaban J connectivity index is 1.70. The molecular weight excluding hydrogens is 326 g/mol. The molecule has 1 amide bonds. The van der Waals surface area contributed by atoms with Gasteiger partial charge in [-0.05, 0) is 42.8 Å². The fourth-order valence-corrected chi connectivity index (χ4v) is 3.77. The summed E-state index contributed by atoms with van der Waals surface area (Å²) in [7, 11) is -3.20. The van der Waals surface area contributed by atoms with Gasteiger partial charge in [0.1, 0.15) is 0 Å². The zero-order valence-corrected chi connectivity index (χ0v) is 14.4. The molecule has 0 aliphatic carbocycles. The lowest BCUT2D eigenvalue weighted by molar-refractivity contribution is 0.0764. The summed E-state index contributed by atoms with van der Waals surface area (Å²) in [5.41, 5.74) is 1.62. The Bertz CT molecular complexity index is 798. The number of rotatable bonds is 3. The lowest BCUT2D eigenvalue weighted by Gasteiger charge is -2.21. The number of hydrogen-bond acceptors (Lipinski definition) is 3. The Kier molecular flexibility index (Phi) is 4.73. The second-order valence-corrected chi connectivity index (χ2v) is 7.93. The Labute approximate surface area is 142 Å². The monoisotopic (exact) mass is 347 g/mol. The average Bonchev–Trinajstić information content (AvgIpc) is 2.97. The van der Waals surface area contributed by atoms with Crippen LogP contribution >= 0.6 is 0 Å². The van der Waals surface area contributed by atoms with E-state index >= 15 is 0 Å². The summed E-state index contributed by atoms with van der Waals surface area (Å²) < 4.78 is 26.7. The number of hydrogen-bond donors (Lipinski definition) is 0. The molecular formula is C17H21N3O3S. The largest absolute Gasteiger partial charge is 0.337 e. The van der Waals surface area contributed by atoms with Crippen molar-refractivity contribution in [1.29, 1.82) is 0 Å². The molecule has 1 aromatic carbocycles. The molecule has 3 rings (SSSR count). The SMILES string of the molecule is CS(=O)(=O)N1CCCN(C(=O)c2ccc(-n3cccc3)cc2)CC1. The van der Waals surface area contributed by atoms with Crippen molar-refractivity contribution in [2.45, 2.75) is 6.42 Å². The van der Waals surface area contributed by atoms with E-state index in [0.29, 0.717) is 38.2 Å². The van der Waals surface area contributed by atoms with Gasteiger partial charge in [-0.3, -0.25) is 4.79 Å². The molecule has 128 valence electrons. The predicted octanol–water partition coefficient (Wildman–Crippen LogP) is 1.58. The van der Waals surface area contributed by atoms with E-state index in [2.05, 4.69) is 0 Å². The van der Waals surface area contributed by atoms with Crippen LogP contribution in [0.5, 0.6) is 0 Å². The minimum Gasteiger partial charge on any atom is -0.337 e. The van der Waals surface area contributed by atoms with Gasteiger partial charge in [-0.25, -0.2) is 12.7 Å². The zero-order chi connectivity index (χ0) is 17.2. The number of nitrogens with zero attached hydrogens (tertiary/aromatic N) is 3. The van der Waals surface area contributed by atoms with Gasteiger partial charge >= 0.3 is 0 Å². The van der Waals surface area contributed by atoms with Crippen molar-refractivity contribution in [3.05, 3.63) is 54.4 Å². The van der Waals surface area contributed by atoms with Crippen LogP contribution in [0, 0.1) is 0 Å². The van der Waals surface area contributed by atoms with E-state index in [1.54, 1.807) is 4.90 Å². The van der Waals surface area contributed by atoms with Crippen LogP contribution in [0.25, 0.3) is 5.69 Å². The van der Waals surface area contributed by atoms with Crippen LogP contribution in [-0.4, -0.2) is 60.5 Å². The first-order valence-electron chi connectivity index (χ1n) is 7.93. The maximum absolute atomic E-state index is 12.7. The Hall–Kier alpha value is -2.12. The molecule has 2 heterocycles. The van der Waals surface area contributed by atoms with Crippen LogP contribution in [-0.2, 0) is 10.0 Å². The summed E-state index contributed by atoms with van der Waals surface area (Å²) in [6.45, 7) is 1.82. The standard InChI is InChI=1S/C17H21N3O3S/c1-24(22,23)20-12-4-11-19(13-14-20)17(21)15-5-7-16(8-6-15)18-9-2-3-10-18/h2-3,5-10H,4,11-14H2,1H3. The Morgan fingerprint density at radius 2 is 1.62 bits per heavy atom. The molecule has 6 nitrogen and oxygen atoms in total. The lowest BCUT2D eigenvalue weighted by Crippen LogP contribution is -2.36. The summed E-state index contributed by atoms with van der Waals surface area (Å²) in [6, 6.07) is 11.4. The number of aromatic nitrogens is 1. The van der Waals surface area contributed by atoms with E-state index in [4.69, 9.17) is 0 Å². The highest BCUT2D eigenvalue weighted by molar-refractivity contribution is 7.88. The molecule has 1 aromatic heterocycles. The van der Waals surface area contributed by atoms with Gasteiger partial charge in [0, 0.05) is 49.8 Å². The number of carbonyl (C=O) groups excluding carboxylic acids is 1. The molecule has 0 atom stereocenters. The first-order valence-corrected chi connectivity index (χ1v) is 9.78. The van der Waals surface area contributed by atoms with Crippen LogP contribution in [0.1, 0.15) is 16.8 Å². The third-order valence-electron chi connectivity index (χ3n) is 4.23. The molecule has 1 aliphatic heterocycles. The smallest absolute Gasteiger partial charge is 0.253 e. The van der Waals surface area contributed by atoms with E-state index in [1.807, 2.05) is 53.4 Å².